The molecule has 2 aromatic rings. The molecule has 0 heterocycles. The Bertz CT molecular complexity index is 1360. The van der Waals surface area contributed by atoms with Crippen LogP contribution in [0.3, 0.4) is 0 Å². The first-order valence-corrected chi connectivity index (χ1v) is 21.4. The largest absolute Gasteiger partial charge is 0.207 e. The minimum Gasteiger partial charge on any atom is -0.207 e. The van der Waals surface area contributed by atoms with Gasteiger partial charge in [-0.25, -0.2) is 4.39 Å². The summed E-state index contributed by atoms with van der Waals surface area (Å²) >= 11 is 0. The fourth-order valence-corrected chi connectivity index (χ4v) is 10.6. The summed E-state index contributed by atoms with van der Waals surface area (Å²) in [6, 6.07) is 14.3. The first-order chi connectivity index (χ1) is 24.1. The van der Waals surface area contributed by atoms with E-state index in [0.717, 1.165) is 48.2 Å². The Morgan fingerprint density at radius 3 is 2.06 bits per heavy atom. The summed E-state index contributed by atoms with van der Waals surface area (Å²) in [5.74, 6) is 2.89. The molecule has 50 heavy (non-hydrogen) atoms. The van der Waals surface area contributed by atoms with E-state index in [4.69, 9.17) is 6.58 Å². The Balaban J connectivity index is 1.15. The smallest absolute Gasteiger partial charge is 0.123 e. The standard InChI is InChI=1S/C49H73F/c1-7-8-9-10-11-12-13-14-15-16-17-18-32-48(5,6)39(4)30-34-49(33-20-21-37(2)40-25-27-41(50)28-26-40)35-31-43-45-29-24-38(3)42-22-19-23-44(47(42)45)46(43)36-49/h19,22-23,25-28,38,43,45-46H,2,4,7-18,20-21,24,29-36H2,1,3,5-6H3/t38?,43-,45?,46-,49?/m1/s1. The van der Waals surface area contributed by atoms with Crippen LogP contribution in [-0.4, -0.2) is 0 Å². The molecule has 5 atom stereocenters. The Kier molecular flexibility index (Phi) is 14.5. The van der Waals surface area contributed by atoms with Crippen LogP contribution < -0.4 is 0 Å². The fourth-order valence-electron chi connectivity index (χ4n) is 10.6. The molecule has 3 aliphatic rings. The summed E-state index contributed by atoms with van der Waals surface area (Å²) in [5, 5.41) is 0. The van der Waals surface area contributed by atoms with Crippen LogP contribution in [0, 0.1) is 22.6 Å². The van der Waals surface area contributed by atoms with Crippen molar-refractivity contribution in [2.75, 3.05) is 0 Å². The van der Waals surface area contributed by atoms with Gasteiger partial charge >= 0.3 is 0 Å². The van der Waals surface area contributed by atoms with E-state index in [1.54, 1.807) is 28.8 Å². The molecular formula is C49H73F. The summed E-state index contributed by atoms with van der Waals surface area (Å²) in [6.07, 6.45) is 30.9. The van der Waals surface area contributed by atoms with E-state index in [-0.39, 0.29) is 11.2 Å². The number of hydrogen-bond donors (Lipinski definition) is 0. The van der Waals surface area contributed by atoms with E-state index >= 15 is 0 Å². The Hall–Kier alpha value is -2.15. The normalized spacial score (nSPS) is 24.2. The van der Waals surface area contributed by atoms with Gasteiger partial charge in [0.25, 0.3) is 0 Å². The monoisotopic (exact) mass is 681 g/mol. The highest BCUT2D eigenvalue weighted by atomic mass is 19.1. The summed E-state index contributed by atoms with van der Waals surface area (Å²) in [7, 11) is 0. The van der Waals surface area contributed by atoms with E-state index in [9.17, 15) is 4.39 Å². The van der Waals surface area contributed by atoms with Crippen LogP contribution in [-0.2, 0) is 0 Å². The maximum Gasteiger partial charge on any atom is 0.123 e. The third-order valence-electron chi connectivity index (χ3n) is 14.1. The van der Waals surface area contributed by atoms with Crippen molar-refractivity contribution in [3.63, 3.8) is 0 Å². The number of fused-ring (bicyclic) bond motifs is 3. The molecule has 2 aromatic carbocycles. The molecule has 0 bridgehead atoms. The second-order valence-corrected chi connectivity index (χ2v) is 18.0. The lowest BCUT2D eigenvalue weighted by atomic mass is 9.59. The van der Waals surface area contributed by atoms with Crippen LogP contribution >= 0.6 is 0 Å². The molecule has 0 aliphatic heterocycles. The molecule has 3 unspecified atom stereocenters. The van der Waals surface area contributed by atoms with Gasteiger partial charge in [0, 0.05) is 0 Å². The first-order valence-electron chi connectivity index (χ1n) is 21.4. The summed E-state index contributed by atoms with van der Waals surface area (Å²) < 4.78 is 13.6. The van der Waals surface area contributed by atoms with Gasteiger partial charge in [0.1, 0.15) is 5.82 Å². The lowest BCUT2D eigenvalue weighted by molar-refractivity contribution is 0.0946. The number of allylic oxidation sites excluding steroid dienone is 2. The number of unbranched alkanes of at least 4 members (excludes halogenated alkanes) is 11. The summed E-state index contributed by atoms with van der Waals surface area (Å²) in [6.45, 7) is 18.9. The lowest BCUT2D eigenvalue weighted by Gasteiger charge is -2.45. The topological polar surface area (TPSA) is 0 Å². The van der Waals surface area contributed by atoms with Crippen molar-refractivity contribution in [3.05, 3.63) is 89.3 Å². The fraction of sp³-hybridized carbons (Fsp3) is 0.673. The molecule has 5 rings (SSSR count). The van der Waals surface area contributed by atoms with Gasteiger partial charge < -0.3 is 0 Å². The molecule has 0 nitrogen and oxygen atoms in total. The Labute approximate surface area is 308 Å². The van der Waals surface area contributed by atoms with Crippen molar-refractivity contribution in [3.8, 4) is 0 Å². The van der Waals surface area contributed by atoms with Crippen LogP contribution in [0.5, 0.6) is 0 Å². The predicted octanol–water partition coefficient (Wildman–Crippen LogP) is 16.0. The lowest BCUT2D eigenvalue weighted by Crippen LogP contribution is -2.33. The molecule has 0 radical (unpaired) electrons. The molecule has 1 saturated carbocycles. The van der Waals surface area contributed by atoms with Crippen LogP contribution in [0.4, 0.5) is 4.39 Å². The van der Waals surface area contributed by atoms with Crippen molar-refractivity contribution in [1.29, 1.82) is 0 Å². The average Bonchev–Trinajstić information content (AvgIpc) is 3.42. The first kappa shape index (κ1) is 39.1. The molecule has 3 aliphatic carbocycles. The summed E-state index contributed by atoms with van der Waals surface area (Å²) in [5.41, 5.74) is 9.45. The van der Waals surface area contributed by atoms with Crippen molar-refractivity contribution in [2.45, 2.75) is 193 Å². The SMILES string of the molecule is C=C(CCCC1(CCC(=C)C(C)(C)CCCCCCCCCCCCCC)CC[C@@H]2C3CCC(C)c4cccc(c43)[C@@H]2C1)c1ccc(F)cc1. The molecular weight excluding hydrogens is 608 g/mol. The molecule has 0 aromatic heterocycles. The van der Waals surface area contributed by atoms with Gasteiger partial charge in [-0.05, 0) is 145 Å². The predicted molar refractivity (Wildman–Crippen MR) is 216 cm³/mol. The van der Waals surface area contributed by atoms with Gasteiger partial charge in [-0.1, -0.05) is 154 Å². The van der Waals surface area contributed by atoms with Gasteiger partial charge in [-0.2, -0.15) is 0 Å². The van der Waals surface area contributed by atoms with Crippen molar-refractivity contribution < 1.29 is 4.39 Å². The summed E-state index contributed by atoms with van der Waals surface area (Å²) in [4.78, 5) is 0. The zero-order valence-electron chi connectivity index (χ0n) is 32.9. The highest BCUT2D eigenvalue weighted by molar-refractivity contribution is 5.63. The number of halogens is 1. The highest BCUT2D eigenvalue weighted by Gasteiger charge is 2.50. The number of benzene rings is 2. The van der Waals surface area contributed by atoms with Crippen molar-refractivity contribution in [2.24, 2.45) is 16.7 Å². The van der Waals surface area contributed by atoms with E-state index in [1.165, 1.54) is 134 Å². The molecule has 1 fully saturated rings. The zero-order valence-corrected chi connectivity index (χ0v) is 32.9. The van der Waals surface area contributed by atoms with Gasteiger partial charge in [0.05, 0.1) is 0 Å². The molecule has 0 saturated heterocycles. The second kappa shape index (κ2) is 18.6. The molecule has 1 heteroatoms. The molecule has 276 valence electrons. The van der Waals surface area contributed by atoms with E-state index in [0.29, 0.717) is 11.3 Å². The van der Waals surface area contributed by atoms with Gasteiger partial charge in [-0.3, -0.25) is 0 Å². The van der Waals surface area contributed by atoms with Crippen LogP contribution in [0.15, 0.2) is 61.2 Å². The maximum atomic E-state index is 13.6. The van der Waals surface area contributed by atoms with Crippen molar-refractivity contribution >= 4 is 5.57 Å². The minimum atomic E-state index is -0.170. The van der Waals surface area contributed by atoms with Crippen LogP contribution in [0.2, 0.25) is 0 Å². The van der Waals surface area contributed by atoms with Crippen LogP contribution in [0.1, 0.15) is 215 Å². The van der Waals surface area contributed by atoms with Crippen LogP contribution in [0.25, 0.3) is 5.57 Å². The number of hydrogen-bond acceptors (Lipinski definition) is 0. The molecule has 0 spiro atoms. The highest BCUT2D eigenvalue weighted by Crippen LogP contribution is 2.63. The van der Waals surface area contributed by atoms with E-state index in [1.807, 2.05) is 12.1 Å². The van der Waals surface area contributed by atoms with E-state index in [2.05, 4.69) is 52.5 Å². The van der Waals surface area contributed by atoms with Crippen molar-refractivity contribution in [1.82, 2.24) is 0 Å². The quantitative estimate of drug-likeness (QED) is 0.0858. The second-order valence-electron chi connectivity index (χ2n) is 18.0. The minimum absolute atomic E-state index is 0.170. The Morgan fingerprint density at radius 1 is 0.740 bits per heavy atom. The van der Waals surface area contributed by atoms with E-state index < -0.39 is 0 Å². The zero-order chi connectivity index (χ0) is 35.6. The van der Waals surface area contributed by atoms with Gasteiger partial charge in [0.2, 0.25) is 0 Å². The van der Waals surface area contributed by atoms with Gasteiger partial charge in [0.15, 0.2) is 0 Å². The maximum absolute atomic E-state index is 13.6. The number of rotatable bonds is 22. The molecule has 0 N–H and O–H groups in total. The molecule has 0 amide bonds. The Morgan fingerprint density at radius 2 is 1.38 bits per heavy atom. The van der Waals surface area contributed by atoms with Gasteiger partial charge in [-0.15, -0.1) is 0 Å². The third-order valence-corrected chi connectivity index (χ3v) is 14.1. The third kappa shape index (κ3) is 10.0. The average molecular weight is 681 g/mol.